The predicted molar refractivity (Wildman–Crippen MR) is 59.1 cm³/mol. The summed E-state index contributed by atoms with van der Waals surface area (Å²) in [5.74, 6) is 0. The van der Waals surface area contributed by atoms with Crippen molar-refractivity contribution in [3.05, 3.63) is 0 Å². The Morgan fingerprint density at radius 3 is 2.60 bits per heavy atom. The zero-order valence-corrected chi connectivity index (χ0v) is 9.78. The van der Waals surface area contributed by atoms with Crippen molar-refractivity contribution in [2.75, 3.05) is 13.1 Å². The van der Waals surface area contributed by atoms with Crippen molar-refractivity contribution in [1.82, 2.24) is 4.90 Å². The van der Waals surface area contributed by atoms with Gasteiger partial charge in [0.05, 0.1) is 6.10 Å². The standard InChI is InChI=1S/C10H19NO3.ClH/c1-10(14)8-4-2-3-5-11(8)6-7(12)9(10)13;/h7-9,12-14H,2-6H2,1H3;1H/t7-,8+,9+,10+;/m0./s1. The van der Waals surface area contributed by atoms with E-state index in [0.29, 0.717) is 6.54 Å². The first-order valence-electron chi connectivity index (χ1n) is 5.36. The molecule has 90 valence electrons. The second-order valence-electron chi connectivity index (χ2n) is 4.74. The fourth-order valence-corrected chi connectivity index (χ4v) is 2.80. The number of hydrogen-bond donors (Lipinski definition) is 3. The van der Waals surface area contributed by atoms with Crippen LogP contribution in [0, 0.1) is 0 Å². The van der Waals surface area contributed by atoms with E-state index < -0.39 is 17.8 Å². The third kappa shape index (κ3) is 2.15. The third-order valence-corrected chi connectivity index (χ3v) is 3.67. The van der Waals surface area contributed by atoms with Gasteiger partial charge in [-0.1, -0.05) is 6.42 Å². The molecule has 15 heavy (non-hydrogen) atoms. The Balaban J connectivity index is 0.00000112. The monoisotopic (exact) mass is 237 g/mol. The van der Waals surface area contributed by atoms with Crippen LogP contribution in [0.5, 0.6) is 0 Å². The molecule has 5 heteroatoms. The van der Waals surface area contributed by atoms with Crippen molar-refractivity contribution >= 4 is 12.4 Å². The number of aliphatic hydroxyl groups excluding tert-OH is 2. The normalized spacial score (nSPS) is 46.8. The van der Waals surface area contributed by atoms with Crippen molar-refractivity contribution in [3.63, 3.8) is 0 Å². The molecule has 2 heterocycles. The van der Waals surface area contributed by atoms with Crippen molar-refractivity contribution in [2.45, 2.75) is 50.0 Å². The van der Waals surface area contributed by atoms with Crippen LogP contribution in [-0.2, 0) is 0 Å². The number of hydrogen-bond acceptors (Lipinski definition) is 4. The van der Waals surface area contributed by atoms with Gasteiger partial charge >= 0.3 is 0 Å². The molecule has 4 nitrogen and oxygen atoms in total. The molecule has 0 amide bonds. The van der Waals surface area contributed by atoms with Crippen LogP contribution >= 0.6 is 12.4 Å². The molecule has 0 aromatic carbocycles. The van der Waals surface area contributed by atoms with Gasteiger partial charge in [0.15, 0.2) is 0 Å². The first-order chi connectivity index (χ1) is 6.53. The first-order valence-corrected chi connectivity index (χ1v) is 5.36. The minimum Gasteiger partial charge on any atom is -0.389 e. The highest BCUT2D eigenvalue weighted by molar-refractivity contribution is 5.85. The number of rotatable bonds is 0. The maximum Gasteiger partial charge on any atom is 0.111 e. The van der Waals surface area contributed by atoms with E-state index in [1.807, 2.05) is 0 Å². The second-order valence-corrected chi connectivity index (χ2v) is 4.74. The molecule has 0 radical (unpaired) electrons. The maximum absolute atomic E-state index is 10.2. The number of halogens is 1. The number of nitrogens with zero attached hydrogens (tertiary/aromatic N) is 1. The van der Waals surface area contributed by atoms with Crippen molar-refractivity contribution in [2.24, 2.45) is 0 Å². The van der Waals surface area contributed by atoms with Gasteiger partial charge in [0.25, 0.3) is 0 Å². The minimum atomic E-state index is -1.17. The van der Waals surface area contributed by atoms with Crippen LogP contribution in [0.1, 0.15) is 26.2 Å². The maximum atomic E-state index is 10.2. The fraction of sp³-hybridized carbons (Fsp3) is 1.00. The van der Waals surface area contributed by atoms with E-state index >= 15 is 0 Å². The molecule has 0 spiro atoms. The molecule has 2 rings (SSSR count). The third-order valence-electron chi connectivity index (χ3n) is 3.67. The summed E-state index contributed by atoms with van der Waals surface area (Å²) in [6.07, 6.45) is 1.30. The molecule has 0 aromatic heterocycles. The largest absolute Gasteiger partial charge is 0.389 e. The summed E-state index contributed by atoms with van der Waals surface area (Å²) >= 11 is 0. The van der Waals surface area contributed by atoms with Gasteiger partial charge in [-0.05, 0) is 26.3 Å². The van der Waals surface area contributed by atoms with Gasteiger partial charge in [0, 0.05) is 12.6 Å². The highest BCUT2D eigenvalue weighted by atomic mass is 35.5. The Hall–Kier alpha value is 0.130. The highest BCUT2D eigenvalue weighted by Gasteiger charge is 2.50. The minimum absolute atomic E-state index is 0. The zero-order chi connectivity index (χ0) is 10.3. The number of aliphatic hydroxyl groups is 3. The molecule has 0 aliphatic carbocycles. The van der Waals surface area contributed by atoms with Crippen LogP contribution in [0.15, 0.2) is 0 Å². The Morgan fingerprint density at radius 1 is 1.27 bits per heavy atom. The Morgan fingerprint density at radius 2 is 1.93 bits per heavy atom. The summed E-state index contributed by atoms with van der Waals surface area (Å²) in [4.78, 5) is 2.10. The average Bonchev–Trinajstić information content (AvgIpc) is 2.15. The van der Waals surface area contributed by atoms with Crippen LogP contribution in [0.4, 0.5) is 0 Å². The van der Waals surface area contributed by atoms with Gasteiger partial charge in [-0.15, -0.1) is 12.4 Å². The summed E-state index contributed by atoms with van der Waals surface area (Å²) in [6, 6.07) is 0.00894. The molecule has 3 N–H and O–H groups in total. The van der Waals surface area contributed by atoms with E-state index in [1.165, 1.54) is 0 Å². The lowest BCUT2D eigenvalue weighted by Gasteiger charge is -2.51. The molecule has 0 bridgehead atoms. The molecule has 2 aliphatic rings. The summed E-state index contributed by atoms with van der Waals surface area (Å²) < 4.78 is 0. The molecular weight excluding hydrogens is 218 g/mol. The Labute approximate surface area is 96.3 Å². The SMILES string of the molecule is C[C@]1(O)[C@H](O)[C@@H](O)CN2CCCC[C@@H]21.Cl. The van der Waals surface area contributed by atoms with Gasteiger partial charge in [-0.25, -0.2) is 0 Å². The number of fused-ring (bicyclic) bond motifs is 1. The Bertz CT molecular complexity index is 225. The summed E-state index contributed by atoms with van der Waals surface area (Å²) in [5.41, 5.74) is -1.17. The lowest BCUT2D eigenvalue weighted by atomic mass is 9.78. The molecule has 0 saturated carbocycles. The summed E-state index contributed by atoms with van der Waals surface area (Å²) in [6.45, 7) is 3.04. The van der Waals surface area contributed by atoms with Gasteiger partial charge in [0.1, 0.15) is 11.7 Å². The van der Waals surface area contributed by atoms with Crippen LogP contribution in [-0.4, -0.2) is 57.2 Å². The van der Waals surface area contributed by atoms with E-state index in [1.54, 1.807) is 6.92 Å². The van der Waals surface area contributed by atoms with Crippen LogP contribution in [0.25, 0.3) is 0 Å². The smallest absolute Gasteiger partial charge is 0.111 e. The molecule has 2 fully saturated rings. The zero-order valence-electron chi connectivity index (χ0n) is 8.96. The van der Waals surface area contributed by atoms with Crippen LogP contribution in [0.2, 0.25) is 0 Å². The predicted octanol–water partition coefficient (Wildman–Crippen LogP) is -0.251. The topological polar surface area (TPSA) is 63.9 Å². The molecule has 2 saturated heterocycles. The van der Waals surface area contributed by atoms with Crippen molar-refractivity contribution in [3.8, 4) is 0 Å². The van der Waals surface area contributed by atoms with Gasteiger partial charge in [0.2, 0.25) is 0 Å². The fourth-order valence-electron chi connectivity index (χ4n) is 2.80. The molecular formula is C10H20ClNO3. The highest BCUT2D eigenvalue weighted by Crippen LogP contribution is 2.33. The Kier molecular flexibility index (Phi) is 4.01. The molecule has 0 aromatic rings. The summed E-state index contributed by atoms with van der Waals surface area (Å²) in [7, 11) is 0. The van der Waals surface area contributed by atoms with E-state index in [-0.39, 0.29) is 18.4 Å². The van der Waals surface area contributed by atoms with Crippen molar-refractivity contribution in [1.29, 1.82) is 0 Å². The first kappa shape index (κ1) is 13.2. The van der Waals surface area contributed by atoms with E-state index in [0.717, 1.165) is 25.8 Å². The quantitative estimate of drug-likeness (QED) is 0.544. The lowest BCUT2D eigenvalue weighted by molar-refractivity contribution is -0.196. The van der Waals surface area contributed by atoms with Crippen molar-refractivity contribution < 1.29 is 15.3 Å². The lowest BCUT2D eigenvalue weighted by Crippen LogP contribution is -2.68. The van der Waals surface area contributed by atoms with Gasteiger partial charge < -0.3 is 15.3 Å². The second kappa shape index (κ2) is 4.55. The average molecular weight is 238 g/mol. The molecule has 4 atom stereocenters. The van der Waals surface area contributed by atoms with Gasteiger partial charge in [-0.3, -0.25) is 4.90 Å². The van der Waals surface area contributed by atoms with E-state index in [4.69, 9.17) is 0 Å². The molecule has 0 unspecified atom stereocenters. The number of piperidine rings is 2. The van der Waals surface area contributed by atoms with Gasteiger partial charge in [-0.2, -0.15) is 0 Å². The van der Waals surface area contributed by atoms with E-state index in [2.05, 4.69) is 4.90 Å². The summed E-state index contributed by atoms with van der Waals surface area (Å²) in [5, 5.41) is 29.5. The molecule has 2 aliphatic heterocycles. The van der Waals surface area contributed by atoms with Crippen LogP contribution in [0.3, 0.4) is 0 Å². The van der Waals surface area contributed by atoms with Crippen LogP contribution < -0.4 is 0 Å². The van der Waals surface area contributed by atoms with E-state index in [9.17, 15) is 15.3 Å².